The van der Waals surface area contributed by atoms with E-state index in [9.17, 15) is 14.7 Å². The van der Waals surface area contributed by atoms with E-state index in [1.807, 2.05) is 42.5 Å². The number of rotatable bonds is 7. The van der Waals surface area contributed by atoms with Crippen molar-refractivity contribution in [1.29, 1.82) is 0 Å². The van der Waals surface area contributed by atoms with Gasteiger partial charge in [-0.25, -0.2) is 4.79 Å². The smallest absolute Gasteiger partial charge is 0.326 e. The zero-order valence-electron chi connectivity index (χ0n) is 12.4. The number of carboxylic acids is 1. The van der Waals surface area contributed by atoms with Crippen molar-refractivity contribution in [3.8, 4) is 0 Å². The zero-order chi connectivity index (χ0) is 15.9. The Morgan fingerprint density at radius 3 is 2.64 bits per heavy atom. The second-order valence-electron chi connectivity index (χ2n) is 4.94. The summed E-state index contributed by atoms with van der Waals surface area (Å²) in [5.41, 5.74) is 0.891. The van der Waals surface area contributed by atoms with Gasteiger partial charge in [0.15, 0.2) is 0 Å². The van der Waals surface area contributed by atoms with Gasteiger partial charge in [-0.3, -0.25) is 4.79 Å². The van der Waals surface area contributed by atoms with Crippen LogP contribution in [0.4, 0.5) is 0 Å². The van der Waals surface area contributed by atoms with E-state index in [4.69, 9.17) is 4.74 Å². The summed E-state index contributed by atoms with van der Waals surface area (Å²) in [6.45, 7) is 2.06. The fourth-order valence-electron chi connectivity index (χ4n) is 2.32. The molecule has 0 unspecified atom stereocenters. The number of hydrogen-bond acceptors (Lipinski definition) is 3. The molecule has 0 heterocycles. The highest BCUT2D eigenvalue weighted by molar-refractivity contribution is 5.88. The summed E-state index contributed by atoms with van der Waals surface area (Å²) in [6.07, 6.45) is 0.231. The highest BCUT2D eigenvalue weighted by Crippen LogP contribution is 2.19. The van der Waals surface area contributed by atoms with Crippen molar-refractivity contribution in [2.45, 2.75) is 19.4 Å². The van der Waals surface area contributed by atoms with Crippen molar-refractivity contribution < 1.29 is 19.4 Å². The summed E-state index contributed by atoms with van der Waals surface area (Å²) in [7, 11) is 0. The Hall–Kier alpha value is -2.40. The first-order valence-corrected chi connectivity index (χ1v) is 7.18. The van der Waals surface area contributed by atoms with Crippen molar-refractivity contribution in [3.05, 3.63) is 48.0 Å². The molecule has 2 aromatic rings. The molecule has 116 valence electrons. The van der Waals surface area contributed by atoms with Gasteiger partial charge in [-0.15, -0.1) is 0 Å². The fraction of sp³-hybridized carbons (Fsp3) is 0.294. The lowest BCUT2D eigenvalue weighted by Gasteiger charge is -2.16. The molecule has 0 aliphatic rings. The van der Waals surface area contributed by atoms with E-state index >= 15 is 0 Å². The molecule has 22 heavy (non-hydrogen) atoms. The molecule has 0 aliphatic carbocycles. The quantitative estimate of drug-likeness (QED) is 0.820. The largest absolute Gasteiger partial charge is 0.480 e. The third-order valence-electron chi connectivity index (χ3n) is 3.37. The van der Waals surface area contributed by atoms with Gasteiger partial charge in [-0.1, -0.05) is 42.5 Å². The van der Waals surface area contributed by atoms with E-state index < -0.39 is 17.9 Å². The molecule has 0 saturated heterocycles. The molecule has 2 N–H and O–H groups in total. The summed E-state index contributed by atoms with van der Waals surface area (Å²) < 4.78 is 4.99. The van der Waals surface area contributed by atoms with Gasteiger partial charge in [0.25, 0.3) is 0 Å². The first kappa shape index (κ1) is 16.0. The molecule has 0 radical (unpaired) electrons. The first-order chi connectivity index (χ1) is 10.6. The average molecular weight is 301 g/mol. The van der Waals surface area contributed by atoms with Crippen LogP contribution >= 0.6 is 0 Å². The molecule has 1 amide bonds. The summed E-state index contributed by atoms with van der Waals surface area (Å²) in [5.74, 6) is -1.48. The van der Waals surface area contributed by atoms with Crippen LogP contribution in [-0.4, -0.2) is 36.2 Å². The number of carbonyl (C=O) groups excluding carboxylic acids is 1. The Bertz CT molecular complexity index is 663. The molecule has 0 aliphatic heterocycles. The topological polar surface area (TPSA) is 75.6 Å². The number of carbonyl (C=O) groups is 2. The maximum absolute atomic E-state index is 11.7. The Kier molecular flexibility index (Phi) is 5.49. The Morgan fingerprint density at radius 1 is 1.18 bits per heavy atom. The minimum atomic E-state index is -1.06. The third kappa shape index (κ3) is 4.05. The van der Waals surface area contributed by atoms with Crippen molar-refractivity contribution in [2.75, 3.05) is 13.2 Å². The maximum Gasteiger partial charge on any atom is 0.326 e. The van der Waals surface area contributed by atoms with Crippen molar-refractivity contribution in [3.63, 3.8) is 0 Å². The average Bonchev–Trinajstić information content (AvgIpc) is 2.52. The van der Waals surface area contributed by atoms with Crippen LogP contribution in [0.25, 0.3) is 10.8 Å². The van der Waals surface area contributed by atoms with Crippen LogP contribution in [-0.2, 0) is 20.7 Å². The van der Waals surface area contributed by atoms with Crippen LogP contribution in [0, 0.1) is 0 Å². The molecule has 0 bridgehead atoms. The van der Waals surface area contributed by atoms with E-state index in [0.717, 1.165) is 16.3 Å². The Morgan fingerprint density at radius 2 is 1.91 bits per heavy atom. The number of ether oxygens (including phenoxy) is 1. The molecule has 0 saturated carbocycles. The number of amides is 1. The lowest BCUT2D eigenvalue weighted by Crippen LogP contribution is -2.43. The van der Waals surface area contributed by atoms with Crippen LogP contribution in [0.2, 0.25) is 0 Å². The summed E-state index contributed by atoms with van der Waals surface area (Å²) >= 11 is 0. The van der Waals surface area contributed by atoms with Gasteiger partial charge >= 0.3 is 5.97 Å². The highest BCUT2D eigenvalue weighted by Gasteiger charge is 2.21. The number of carboxylic acid groups (broad SMARTS) is 1. The van der Waals surface area contributed by atoms with Crippen molar-refractivity contribution in [1.82, 2.24) is 5.32 Å². The monoisotopic (exact) mass is 301 g/mol. The van der Waals surface area contributed by atoms with Crippen molar-refractivity contribution in [2.24, 2.45) is 0 Å². The van der Waals surface area contributed by atoms with E-state index in [-0.39, 0.29) is 13.0 Å². The lowest BCUT2D eigenvalue weighted by atomic mass is 9.99. The SMILES string of the molecule is CCOCC(=O)N[C@H](Cc1cccc2ccccc12)C(=O)O. The van der Waals surface area contributed by atoms with Crippen LogP contribution in [0.1, 0.15) is 12.5 Å². The molecule has 1 atom stereocenters. The van der Waals surface area contributed by atoms with Crippen LogP contribution < -0.4 is 5.32 Å². The second-order valence-corrected chi connectivity index (χ2v) is 4.94. The molecule has 2 aromatic carbocycles. The first-order valence-electron chi connectivity index (χ1n) is 7.18. The molecule has 2 rings (SSSR count). The lowest BCUT2D eigenvalue weighted by molar-refractivity contribution is -0.142. The van der Waals surface area contributed by atoms with Gasteiger partial charge < -0.3 is 15.2 Å². The number of aliphatic carboxylic acids is 1. The van der Waals surface area contributed by atoms with Gasteiger partial charge in [0.05, 0.1) is 0 Å². The van der Waals surface area contributed by atoms with E-state index in [0.29, 0.717) is 6.61 Å². The molecule has 0 spiro atoms. The Labute approximate surface area is 128 Å². The third-order valence-corrected chi connectivity index (χ3v) is 3.37. The normalized spacial score (nSPS) is 12.0. The highest BCUT2D eigenvalue weighted by atomic mass is 16.5. The minimum absolute atomic E-state index is 0.129. The minimum Gasteiger partial charge on any atom is -0.480 e. The molecule has 5 nitrogen and oxygen atoms in total. The van der Waals surface area contributed by atoms with E-state index in [1.165, 1.54) is 0 Å². The predicted molar refractivity (Wildman–Crippen MR) is 83.7 cm³/mol. The second kappa shape index (κ2) is 7.56. The van der Waals surface area contributed by atoms with Gasteiger partial charge in [0.2, 0.25) is 5.91 Å². The summed E-state index contributed by atoms with van der Waals surface area (Å²) in [5, 5.41) is 13.9. The van der Waals surface area contributed by atoms with Crippen molar-refractivity contribution >= 4 is 22.6 Å². The van der Waals surface area contributed by atoms with Crippen LogP contribution in [0.15, 0.2) is 42.5 Å². The van der Waals surface area contributed by atoms with E-state index in [1.54, 1.807) is 6.92 Å². The van der Waals surface area contributed by atoms with Gasteiger partial charge in [-0.2, -0.15) is 0 Å². The number of nitrogens with one attached hydrogen (secondary N) is 1. The Balaban J connectivity index is 2.16. The molecular weight excluding hydrogens is 282 g/mol. The van der Waals surface area contributed by atoms with Gasteiger partial charge in [-0.05, 0) is 23.3 Å². The summed E-state index contributed by atoms with van der Waals surface area (Å²) in [6, 6.07) is 12.5. The van der Waals surface area contributed by atoms with Crippen LogP contribution in [0.3, 0.4) is 0 Å². The number of benzene rings is 2. The fourth-order valence-corrected chi connectivity index (χ4v) is 2.32. The molecule has 5 heteroatoms. The van der Waals surface area contributed by atoms with Gasteiger partial charge in [0.1, 0.15) is 12.6 Å². The van der Waals surface area contributed by atoms with Crippen LogP contribution in [0.5, 0.6) is 0 Å². The van der Waals surface area contributed by atoms with Gasteiger partial charge in [0, 0.05) is 13.0 Å². The predicted octanol–water partition coefficient (Wildman–Crippen LogP) is 1.99. The number of hydrogen-bond donors (Lipinski definition) is 2. The standard InChI is InChI=1S/C17H19NO4/c1-2-22-11-16(19)18-15(17(20)21)10-13-8-5-7-12-6-3-4-9-14(12)13/h3-9,15H,2,10-11H2,1H3,(H,18,19)(H,20,21)/t15-/m1/s1. The number of fused-ring (bicyclic) bond motifs is 1. The molecule has 0 fully saturated rings. The maximum atomic E-state index is 11.7. The zero-order valence-corrected chi connectivity index (χ0v) is 12.4. The molecule has 0 aromatic heterocycles. The molecular formula is C17H19NO4. The van der Waals surface area contributed by atoms with E-state index in [2.05, 4.69) is 5.32 Å². The summed E-state index contributed by atoms with van der Waals surface area (Å²) in [4.78, 5) is 23.1.